The number of ether oxygens (including phenoxy) is 1. The highest BCUT2D eigenvalue weighted by molar-refractivity contribution is 6.08. The SMILES string of the molecule is CCCCCOCC(=O)NC1=NCC(=O)N1C. The van der Waals surface area contributed by atoms with Gasteiger partial charge in [0.1, 0.15) is 13.2 Å². The Morgan fingerprint density at radius 1 is 1.53 bits per heavy atom. The number of rotatable bonds is 6. The molecular weight excluding hydrogens is 222 g/mol. The van der Waals surface area contributed by atoms with Crippen LogP contribution in [0.5, 0.6) is 0 Å². The Morgan fingerprint density at radius 2 is 2.29 bits per heavy atom. The average molecular weight is 241 g/mol. The van der Waals surface area contributed by atoms with E-state index in [2.05, 4.69) is 17.2 Å². The third-order valence-electron chi connectivity index (χ3n) is 2.43. The number of unbranched alkanes of at least 4 members (excludes halogenated alkanes) is 2. The Hall–Kier alpha value is -1.43. The molecule has 6 nitrogen and oxygen atoms in total. The molecule has 17 heavy (non-hydrogen) atoms. The predicted molar refractivity (Wildman–Crippen MR) is 63.6 cm³/mol. The summed E-state index contributed by atoms with van der Waals surface area (Å²) in [5.41, 5.74) is 0. The number of nitrogens with one attached hydrogen (secondary N) is 1. The summed E-state index contributed by atoms with van der Waals surface area (Å²) in [6.07, 6.45) is 3.19. The lowest BCUT2D eigenvalue weighted by molar-refractivity contribution is -0.125. The molecule has 0 saturated carbocycles. The molecule has 1 N–H and O–H groups in total. The Kier molecular flexibility index (Phi) is 5.62. The lowest BCUT2D eigenvalue weighted by Gasteiger charge is -2.12. The van der Waals surface area contributed by atoms with E-state index < -0.39 is 0 Å². The van der Waals surface area contributed by atoms with Crippen LogP contribution in [0.25, 0.3) is 0 Å². The van der Waals surface area contributed by atoms with E-state index in [1.807, 2.05) is 0 Å². The third kappa shape index (κ3) is 4.52. The maximum Gasteiger partial charge on any atom is 0.252 e. The van der Waals surface area contributed by atoms with E-state index in [-0.39, 0.29) is 25.0 Å². The number of likely N-dealkylation sites (N-methyl/N-ethyl adjacent to an activating group) is 1. The van der Waals surface area contributed by atoms with E-state index in [0.717, 1.165) is 19.3 Å². The standard InChI is InChI=1S/C11H19N3O3/c1-3-4-5-6-17-8-9(15)13-11-12-7-10(16)14(11)2/h3-8H2,1-2H3,(H,12,13,15). The largest absolute Gasteiger partial charge is 0.372 e. The van der Waals surface area contributed by atoms with Crippen LogP contribution in [0.2, 0.25) is 0 Å². The smallest absolute Gasteiger partial charge is 0.252 e. The van der Waals surface area contributed by atoms with Crippen LogP contribution in [0.3, 0.4) is 0 Å². The number of nitrogens with zero attached hydrogens (tertiary/aromatic N) is 2. The molecule has 6 heteroatoms. The highest BCUT2D eigenvalue weighted by Gasteiger charge is 2.22. The van der Waals surface area contributed by atoms with Gasteiger partial charge in [-0.15, -0.1) is 0 Å². The number of hydrogen-bond acceptors (Lipinski definition) is 4. The van der Waals surface area contributed by atoms with E-state index in [1.54, 1.807) is 7.05 Å². The Bertz CT molecular complexity index is 315. The maximum atomic E-state index is 11.4. The molecule has 0 saturated heterocycles. The first-order valence-corrected chi connectivity index (χ1v) is 5.83. The number of guanidine groups is 1. The van der Waals surface area contributed by atoms with Gasteiger partial charge < -0.3 is 4.74 Å². The van der Waals surface area contributed by atoms with Crippen molar-refractivity contribution in [3.05, 3.63) is 0 Å². The first-order chi connectivity index (χ1) is 8.15. The molecule has 1 aliphatic rings. The van der Waals surface area contributed by atoms with Crippen LogP contribution < -0.4 is 5.32 Å². The molecule has 2 amide bonds. The van der Waals surface area contributed by atoms with Gasteiger partial charge in [-0.1, -0.05) is 19.8 Å². The second-order valence-corrected chi connectivity index (χ2v) is 3.90. The summed E-state index contributed by atoms with van der Waals surface area (Å²) in [7, 11) is 1.58. The van der Waals surface area contributed by atoms with Crippen LogP contribution in [-0.4, -0.2) is 49.5 Å². The highest BCUT2D eigenvalue weighted by Crippen LogP contribution is 1.97. The van der Waals surface area contributed by atoms with E-state index >= 15 is 0 Å². The van der Waals surface area contributed by atoms with Gasteiger partial charge in [0.2, 0.25) is 5.96 Å². The first kappa shape index (κ1) is 13.6. The van der Waals surface area contributed by atoms with Crippen molar-refractivity contribution in [2.24, 2.45) is 4.99 Å². The number of aliphatic imine (C=N–C) groups is 1. The summed E-state index contributed by atoms with van der Waals surface area (Å²) in [5, 5.41) is 2.54. The fourth-order valence-electron chi connectivity index (χ4n) is 1.38. The number of amides is 2. The minimum atomic E-state index is -0.276. The zero-order valence-electron chi connectivity index (χ0n) is 10.4. The summed E-state index contributed by atoms with van der Waals surface area (Å²) >= 11 is 0. The maximum absolute atomic E-state index is 11.4. The molecular formula is C11H19N3O3. The van der Waals surface area contributed by atoms with Gasteiger partial charge in [-0.3, -0.25) is 19.8 Å². The van der Waals surface area contributed by atoms with Crippen LogP contribution in [0.1, 0.15) is 26.2 Å². The first-order valence-electron chi connectivity index (χ1n) is 5.83. The number of carbonyl (C=O) groups excluding carboxylic acids is 2. The molecule has 0 aromatic heterocycles. The van der Waals surface area contributed by atoms with Crippen molar-refractivity contribution in [2.45, 2.75) is 26.2 Å². The fraction of sp³-hybridized carbons (Fsp3) is 0.727. The Morgan fingerprint density at radius 3 is 2.88 bits per heavy atom. The quantitative estimate of drug-likeness (QED) is 0.672. The molecule has 0 unspecified atom stereocenters. The molecule has 1 aliphatic heterocycles. The molecule has 0 fully saturated rings. The monoisotopic (exact) mass is 241 g/mol. The van der Waals surface area contributed by atoms with Crippen molar-refractivity contribution in [1.29, 1.82) is 0 Å². The van der Waals surface area contributed by atoms with E-state index in [4.69, 9.17) is 4.74 Å². The van der Waals surface area contributed by atoms with Crippen LogP contribution in [0.15, 0.2) is 4.99 Å². The van der Waals surface area contributed by atoms with Crippen molar-refractivity contribution in [3.63, 3.8) is 0 Å². The zero-order chi connectivity index (χ0) is 12.7. The van der Waals surface area contributed by atoms with Crippen molar-refractivity contribution >= 4 is 17.8 Å². The average Bonchev–Trinajstić information content (AvgIpc) is 2.61. The summed E-state index contributed by atoms with van der Waals surface area (Å²) in [4.78, 5) is 27.8. The van der Waals surface area contributed by atoms with Crippen LogP contribution in [0, 0.1) is 0 Å². The molecule has 96 valence electrons. The Balaban J connectivity index is 2.15. The van der Waals surface area contributed by atoms with Gasteiger partial charge in [-0.25, -0.2) is 4.99 Å². The summed E-state index contributed by atoms with van der Waals surface area (Å²) in [6.45, 7) is 2.80. The van der Waals surface area contributed by atoms with Gasteiger partial charge in [0.05, 0.1) is 0 Å². The lowest BCUT2D eigenvalue weighted by atomic mass is 10.3. The third-order valence-corrected chi connectivity index (χ3v) is 2.43. The molecule has 1 rings (SSSR count). The number of hydrogen-bond donors (Lipinski definition) is 1. The minimum Gasteiger partial charge on any atom is -0.372 e. The van der Waals surface area contributed by atoms with Gasteiger partial charge in [0.15, 0.2) is 0 Å². The molecule has 0 radical (unpaired) electrons. The fourth-order valence-corrected chi connectivity index (χ4v) is 1.38. The van der Waals surface area contributed by atoms with Gasteiger partial charge in [0, 0.05) is 13.7 Å². The van der Waals surface area contributed by atoms with Crippen molar-refractivity contribution in [1.82, 2.24) is 10.2 Å². The van der Waals surface area contributed by atoms with E-state index in [9.17, 15) is 9.59 Å². The van der Waals surface area contributed by atoms with E-state index in [0.29, 0.717) is 12.6 Å². The van der Waals surface area contributed by atoms with Crippen molar-refractivity contribution in [3.8, 4) is 0 Å². The summed E-state index contributed by atoms with van der Waals surface area (Å²) in [6, 6.07) is 0. The molecule has 0 spiro atoms. The minimum absolute atomic E-state index is 0.00473. The molecule has 0 aromatic carbocycles. The van der Waals surface area contributed by atoms with Crippen molar-refractivity contribution < 1.29 is 14.3 Å². The second-order valence-electron chi connectivity index (χ2n) is 3.90. The second kappa shape index (κ2) is 7.01. The zero-order valence-corrected chi connectivity index (χ0v) is 10.4. The summed E-state index contributed by atoms with van der Waals surface area (Å²) < 4.78 is 5.20. The highest BCUT2D eigenvalue weighted by atomic mass is 16.5. The van der Waals surface area contributed by atoms with Gasteiger partial charge in [-0.05, 0) is 6.42 Å². The van der Waals surface area contributed by atoms with E-state index in [1.165, 1.54) is 4.90 Å². The topological polar surface area (TPSA) is 71.0 Å². The van der Waals surface area contributed by atoms with Gasteiger partial charge in [0.25, 0.3) is 11.8 Å². The molecule has 1 heterocycles. The van der Waals surface area contributed by atoms with Gasteiger partial charge >= 0.3 is 0 Å². The van der Waals surface area contributed by atoms with Crippen LogP contribution in [0.4, 0.5) is 0 Å². The van der Waals surface area contributed by atoms with Crippen LogP contribution in [-0.2, 0) is 14.3 Å². The lowest BCUT2D eigenvalue weighted by Crippen LogP contribution is -2.42. The molecule has 0 aromatic rings. The Labute approximate surface area is 101 Å². The predicted octanol–water partition coefficient (Wildman–Crippen LogP) is 0.137. The molecule has 0 atom stereocenters. The molecule has 0 aliphatic carbocycles. The summed E-state index contributed by atoms with van der Waals surface area (Å²) in [5.74, 6) is -0.0943. The van der Waals surface area contributed by atoms with Gasteiger partial charge in [-0.2, -0.15) is 0 Å². The number of carbonyl (C=O) groups is 2. The van der Waals surface area contributed by atoms with Crippen molar-refractivity contribution in [2.75, 3.05) is 26.8 Å². The molecule has 0 bridgehead atoms. The van der Waals surface area contributed by atoms with Crippen LogP contribution >= 0.6 is 0 Å². The normalized spacial score (nSPS) is 15.1.